The zero-order valence-electron chi connectivity index (χ0n) is 20.5. The second kappa shape index (κ2) is 21.5. The molecule has 3 N–H and O–H groups in total. The Hall–Kier alpha value is -1.75. The number of allylic oxidation sites excluding steroid dienone is 6. The van der Waals surface area contributed by atoms with Crippen LogP contribution in [-0.4, -0.2) is 32.7 Å². The number of rotatable bonds is 9. The van der Waals surface area contributed by atoms with Gasteiger partial charge >= 0.3 is 0 Å². The zero-order chi connectivity index (χ0) is 24.4. The second-order valence-electron chi connectivity index (χ2n) is 8.53. The summed E-state index contributed by atoms with van der Waals surface area (Å²) in [5, 5.41) is 27.1. The quantitative estimate of drug-likeness (QED) is 0.187. The Morgan fingerprint density at radius 2 is 0.710 bits per heavy atom. The van der Waals surface area contributed by atoms with Crippen molar-refractivity contribution in [2.24, 2.45) is 17.8 Å². The fraction of sp³-hybridized carbons (Fsp3) is 0.625. The average Bonchev–Trinajstić information content (AvgIpc) is 2.42. The molecule has 0 aromatic rings. The summed E-state index contributed by atoms with van der Waals surface area (Å²) >= 11 is 0. The van der Waals surface area contributed by atoms with Gasteiger partial charge in [-0.2, -0.15) is 0 Å². The Bertz CT molecular complexity index is 528. The summed E-state index contributed by atoms with van der Waals surface area (Å²) < 4.78 is 0. The van der Waals surface area contributed by atoms with E-state index < -0.39 is 0 Å². The topological polar surface area (TPSA) is 112 Å². The van der Waals surface area contributed by atoms with Gasteiger partial charge in [-0.05, 0) is 38.5 Å². The molecule has 0 saturated heterocycles. The van der Waals surface area contributed by atoms with E-state index in [1.54, 1.807) is 0 Å². The molecular weight excluding hydrogens is 485 g/mol. The third-order valence-electron chi connectivity index (χ3n) is 2.96. The number of aliphatic hydroxyl groups is 3. The van der Waals surface area contributed by atoms with Crippen molar-refractivity contribution in [2.45, 2.75) is 81.6 Å². The first-order chi connectivity index (χ1) is 13.6. The van der Waals surface area contributed by atoms with E-state index in [2.05, 4.69) is 0 Å². The van der Waals surface area contributed by atoms with E-state index in [9.17, 15) is 14.4 Å². The molecule has 0 radical (unpaired) electrons. The summed E-state index contributed by atoms with van der Waals surface area (Å²) in [5.74, 6) is 1.45. The van der Waals surface area contributed by atoms with Gasteiger partial charge in [0.25, 0.3) is 0 Å². The van der Waals surface area contributed by atoms with Crippen molar-refractivity contribution in [3.63, 3.8) is 0 Å². The maximum absolute atomic E-state index is 10.4. The molecule has 0 heterocycles. The van der Waals surface area contributed by atoms with E-state index in [0.717, 1.165) is 0 Å². The number of aliphatic hydroxyl groups excluding tert-OH is 3. The van der Waals surface area contributed by atoms with Crippen molar-refractivity contribution in [1.82, 2.24) is 0 Å². The normalized spacial score (nSPS) is 11.8. The number of ketones is 3. The maximum Gasteiger partial charge on any atom is 0.155 e. The molecule has 0 aliphatic carbocycles. The van der Waals surface area contributed by atoms with Crippen molar-refractivity contribution >= 4 is 17.3 Å². The van der Waals surface area contributed by atoms with Crippen molar-refractivity contribution in [3.8, 4) is 0 Å². The van der Waals surface area contributed by atoms with E-state index in [1.807, 2.05) is 41.5 Å². The van der Waals surface area contributed by atoms with E-state index in [4.69, 9.17) is 15.3 Å². The van der Waals surface area contributed by atoms with Crippen molar-refractivity contribution in [1.29, 1.82) is 0 Å². The number of hydrogen-bond acceptors (Lipinski definition) is 6. The minimum Gasteiger partial charge on any atom is -0.512 e. The van der Waals surface area contributed by atoms with Crippen LogP contribution < -0.4 is 0 Å². The Labute approximate surface area is 201 Å². The SMILES string of the molecule is CC(=O)C=C(O)CC(C)C.CC(=O)C=C(O)CC(C)C.CC(=O)C=C(O)CC(C)C.[Ru]. The number of carbonyl (C=O) groups is 3. The summed E-state index contributed by atoms with van der Waals surface area (Å²) in [6.45, 7) is 16.2. The van der Waals surface area contributed by atoms with Crippen LogP contribution in [0.15, 0.2) is 35.5 Å². The van der Waals surface area contributed by atoms with E-state index in [1.165, 1.54) is 39.0 Å². The van der Waals surface area contributed by atoms with E-state index in [0.29, 0.717) is 37.0 Å². The monoisotopic (exact) mass is 528 g/mol. The van der Waals surface area contributed by atoms with Crippen LogP contribution in [0.2, 0.25) is 0 Å². The molecule has 0 rings (SSSR count). The molecule has 6 nitrogen and oxygen atoms in total. The van der Waals surface area contributed by atoms with Crippen LogP contribution in [0.25, 0.3) is 0 Å². The number of carbonyl (C=O) groups excluding carboxylic acids is 3. The largest absolute Gasteiger partial charge is 0.512 e. The van der Waals surface area contributed by atoms with Crippen LogP contribution in [0.3, 0.4) is 0 Å². The van der Waals surface area contributed by atoms with Gasteiger partial charge < -0.3 is 15.3 Å². The zero-order valence-corrected chi connectivity index (χ0v) is 22.2. The molecule has 182 valence electrons. The van der Waals surface area contributed by atoms with Crippen LogP contribution in [0.4, 0.5) is 0 Å². The van der Waals surface area contributed by atoms with Gasteiger partial charge in [0.05, 0.1) is 17.3 Å². The van der Waals surface area contributed by atoms with Crippen LogP contribution >= 0.6 is 0 Å². The van der Waals surface area contributed by atoms with Crippen LogP contribution in [0, 0.1) is 17.8 Å². The standard InChI is InChI=1S/3C8H14O2.Ru/c3*1-6(2)4-8(10)5-7(3)9;/h3*5-6,10H,4H2,1-3H3;. The Morgan fingerprint density at radius 1 is 0.548 bits per heavy atom. The molecule has 0 aliphatic rings. The predicted molar refractivity (Wildman–Crippen MR) is 123 cm³/mol. The molecule has 0 amide bonds. The summed E-state index contributed by atoms with van der Waals surface area (Å²) in [6.07, 6.45) is 5.54. The summed E-state index contributed by atoms with van der Waals surface area (Å²) in [6, 6.07) is 0. The van der Waals surface area contributed by atoms with Gasteiger partial charge in [-0.1, -0.05) is 41.5 Å². The van der Waals surface area contributed by atoms with Gasteiger partial charge in [0.1, 0.15) is 0 Å². The van der Waals surface area contributed by atoms with Gasteiger partial charge in [0.2, 0.25) is 0 Å². The fourth-order valence-electron chi connectivity index (χ4n) is 2.14. The Balaban J connectivity index is -0.000000174. The average molecular weight is 528 g/mol. The third kappa shape index (κ3) is 39.3. The van der Waals surface area contributed by atoms with Crippen LogP contribution in [0.5, 0.6) is 0 Å². The van der Waals surface area contributed by atoms with Gasteiger partial charge in [-0.3, -0.25) is 14.4 Å². The van der Waals surface area contributed by atoms with Crippen molar-refractivity contribution in [2.75, 3.05) is 0 Å². The predicted octanol–water partition coefficient (Wildman–Crippen LogP) is 6.19. The second-order valence-corrected chi connectivity index (χ2v) is 8.53. The molecule has 0 aromatic heterocycles. The third-order valence-corrected chi connectivity index (χ3v) is 2.96. The first kappa shape index (κ1) is 36.6. The van der Waals surface area contributed by atoms with Gasteiger partial charge in [-0.25, -0.2) is 0 Å². The molecule has 0 aliphatic heterocycles. The van der Waals surface area contributed by atoms with E-state index >= 15 is 0 Å². The maximum atomic E-state index is 10.4. The fourth-order valence-corrected chi connectivity index (χ4v) is 2.14. The first-order valence-corrected chi connectivity index (χ1v) is 10.3. The molecule has 0 spiro atoms. The molecule has 0 aromatic carbocycles. The minimum atomic E-state index is -0.0989. The van der Waals surface area contributed by atoms with Gasteiger partial charge in [0, 0.05) is 57.0 Å². The molecule has 0 atom stereocenters. The van der Waals surface area contributed by atoms with E-state index in [-0.39, 0.29) is 54.1 Å². The number of hydrogen-bond donors (Lipinski definition) is 3. The molecule has 31 heavy (non-hydrogen) atoms. The molecule has 0 saturated carbocycles. The smallest absolute Gasteiger partial charge is 0.155 e. The molecular formula is C24H42O6Ru. The van der Waals surface area contributed by atoms with Gasteiger partial charge in [0.15, 0.2) is 17.3 Å². The summed E-state index contributed by atoms with van der Waals surface area (Å²) in [4.78, 5) is 31.2. The molecule has 0 unspecified atom stereocenters. The Kier molecular flexibility index (Phi) is 25.4. The van der Waals surface area contributed by atoms with Crippen molar-refractivity contribution < 1.29 is 49.2 Å². The molecule has 0 fully saturated rings. The van der Waals surface area contributed by atoms with Gasteiger partial charge in [-0.15, -0.1) is 0 Å². The Morgan fingerprint density at radius 3 is 0.806 bits per heavy atom. The summed E-state index contributed by atoms with van der Waals surface area (Å²) in [5.41, 5.74) is 0. The van der Waals surface area contributed by atoms with Crippen molar-refractivity contribution in [3.05, 3.63) is 35.5 Å². The van der Waals surface area contributed by atoms with Crippen LogP contribution in [-0.2, 0) is 33.9 Å². The summed E-state index contributed by atoms with van der Waals surface area (Å²) in [7, 11) is 0. The molecule has 0 bridgehead atoms. The minimum absolute atomic E-state index is 0. The van der Waals surface area contributed by atoms with Crippen LogP contribution in [0.1, 0.15) is 81.6 Å². The first-order valence-electron chi connectivity index (χ1n) is 10.3. The molecule has 7 heteroatoms.